The van der Waals surface area contributed by atoms with Crippen LogP contribution in [0.2, 0.25) is 0 Å². The molecule has 2 aromatic rings. The number of esters is 1. The van der Waals surface area contributed by atoms with Crippen molar-refractivity contribution in [2.24, 2.45) is 5.10 Å². The Labute approximate surface area is 188 Å². The summed E-state index contributed by atoms with van der Waals surface area (Å²) in [5, 5.41) is 10.8. The molecule has 0 unspecified atom stereocenters. The third-order valence-electron chi connectivity index (χ3n) is 3.83. The van der Waals surface area contributed by atoms with Crippen LogP contribution in [-0.2, 0) is 24.4 Å². The summed E-state index contributed by atoms with van der Waals surface area (Å²) in [5.74, 6) is -0.839. The monoisotopic (exact) mass is 502 g/mol. The molecule has 0 saturated heterocycles. The first-order valence-electron chi connectivity index (χ1n) is 8.45. The number of hydrogen-bond donors (Lipinski definition) is 1. The van der Waals surface area contributed by atoms with Crippen LogP contribution in [0.15, 0.2) is 43.6 Å². The van der Waals surface area contributed by atoms with E-state index in [0.29, 0.717) is 0 Å². The Bertz CT molecular complexity index is 1260. The number of pyridine rings is 1. The molecule has 0 amide bonds. The zero-order valence-corrected chi connectivity index (χ0v) is 20.1. The summed E-state index contributed by atoms with van der Waals surface area (Å²) >= 11 is 1.95. The number of rotatable bonds is 7. The minimum absolute atomic E-state index is 0.123. The summed E-state index contributed by atoms with van der Waals surface area (Å²) in [6.45, 7) is 2.93. The van der Waals surface area contributed by atoms with Crippen molar-refractivity contribution in [3.05, 3.63) is 29.3 Å². The van der Waals surface area contributed by atoms with Gasteiger partial charge in [-0.3, -0.25) is 5.43 Å². The van der Waals surface area contributed by atoms with Crippen LogP contribution in [-0.4, -0.2) is 51.4 Å². The number of carbonyl (C=O) groups is 1. The van der Waals surface area contributed by atoms with Crippen LogP contribution in [0.25, 0.3) is 0 Å². The van der Waals surface area contributed by atoms with Gasteiger partial charge in [-0.2, -0.15) is 10.4 Å². The fourth-order valence-electron chi connectivity index (χ4n) is 2.22. The van der Waals surface area contributed by atoms with Crippen molar-refractivity contribution < 1.29 is 26.4 Å². The fraction of sp³-hybridized carbons (Fsp3) is 0.294. The second-order valence-electron chi connectivity index (χ2n) is 6.02. The van der Waals surface area contributed by atoms with Gasteiger partial charge in [0.25, 0.3) is 14.9 Å². The van der Waals surface area contributed by atoms with Gasteiger partial charge in [0.1, 0.15) is 21.5 Å². The number of methoxy groups -OCH3 is 1. The summed E-state index contributed by atoms with van der Waals surface area (Å²) in [5.41, 5.74) is 2.06. The first-order chi connectivity index (χ1) is 14.5. The van der Waals surface area contributed by atoms with Gasteiger partial charge in [-0.25, -0.2) is 26.6 Å². The molecule has 0 aromatic carbocycles. The van der Waals surface area contributed by atoms with E-state index in [1.54, 1.807) is 6.26 Å². The molecule has 0 radical (unpaired) electrons. The molecule has 10 nitrogen and oxygen atoms in total. The van der Waals surface area contributed by atoms with Crippen molar-refractivity contribution in [2.75, 3.05) is 18.8 Å². The normalized spacial score (nSPS) is 12.5. The van der Waals surface area contributed by atoms with E-state index in [9.17, 15) is 26.9 Å². The molecule has 0 fully saturated rings. The van der Waals surface area contributed by atoms with Gasteiger partial charge in [0.2, 0.25) is 0 Å². The van der Waals surface area contributed by atoms with Crippen molar-refractivity contribution >= 4 is 59.5 Å². The maximum absolute atomic E-state index is 12.9. The van der Waals surface area contributed by atoms with Crippen LogP contribution in [0, 0.1) is 11.3 Å². The summed E-state index contributed by atoms with van der Waals surface area (Å²) in [6, 6.07) is 5.58. The first-order valence-corrected chi connectivity index (χ1v) is 13.5. The predicted octanol–water partition coefficient (Wildman–Crippen LogP) is 2.56. The zero-order chi connectivity index (χ0) is 23.4. The van der Waals surface area contributed by atoms with Gasteiger partial charge in [-0.1, -0.05) is 6.07 Å². The average Bonchev–Trinajstić information content (AvgIpc) is 3.13. The molecule has 0 aliphatic heterocycles. The number of nitrogens with one attached hydrogen (secondary N) is 1. The summed E-state index contributed by atoms with van der Waals surface area (Å²) in [6.07, 6.45) is 2.87. The maximum atomic E-state index is 12.9. The highest BCUT2D eigenvalue weighted by Gasteiger charge is 2.34. The van der Waals surface area contributed by atoms with Crippen LogP contribution in [0.3, 0.4) is 0 Å². The summed E-state index contributed by atoms with van der Waals surface area (Å²) in [7, 11) is -7.16. The molecular weight excluding hydrogens is 484 g/mol. The number of nitrogens with zero attached hydrogens (tertiary/aromatic N) is 3. The maximum Gasteiger partial charge on any atom is 0.350 e. The number of thiophene rings is 1. The van der Waals surface area contributed by atoms with Crippen molar-refractivity contribution in [2.45, 2.75) is 33.2 Å². The van der Waals surface area contributed by atoms with Crippen molar-refractivity contribution in [1.29, 1.82) is 5.26 Å². The van der Waals surface area contributed by atoms with E-state index in [1.165, 1.54) is 44.3 Å². The lowest BCUT2D eigenvalue weighted by Gasteiger charge is -2.11. The summed E-state index contributed by atoms with van der Waals surface area (Å²) in [4.78, 5) is 15.6. The van der Waals surface area contributed by atoms with Gasteiger partial charge in [0.15, 0.2) is 14.9 Å². The average molecular weight is 503 g/mol. The van der Waals surface area contributed by atoms with Crippen molar-refractivity contribution in [1.82, 2.24) is 4.98 Å². The van der Waals surface area contributed by atoms with Gasteiger partial charge in [0, 0.05) is 6.20 Å². The van der Waals surface area contributed by atoms with Crippen LogP contribution in [0.4, 0.5) is 5.69 Å². The Morgan fingerprint density at radius 3 is 2.48 bits per heavy atom. The van der Waals surface area contributed by atoms with Crippen LogP contribution in [0.5, 0.6) is 0 Å². The smallest absolute Gasteiger partial charge is 0.350 e. The number of carbonyl (C=O) groups excluding carboxylic acids is 1. The fourth-order valence-corrected chi connectivity index (χ4v) is 7.10. The highest BCUT2D eigenvalue weighted by atomic mass is 32.2. The van der Waals surface area contributed by atoms with E-state index in [2.05, 4.69) is 15.5 Å². The predicted molar refractivity (Wildman–Crippen MR) is 118 cm³/mol. The standard InChI is InChI=1S/C17H18N4O6S4/c1-10(2)30(23,24)15-13(14(16(22)27-3)29-17(15)28-4)21-20-12(9-18)31(25,26)11-7-5-6-8-19-11/h5-8,10,21H,1-4H3. The number of anilines is 1. The van der Waals surface area contributed by atoms with Crippen LogP contribution >= 0.6 is 23.1 Å². The minimum atomic E-state index is -4.38. The SMILES string of the molecule is COC(=O)c1sc(SC)c(S(=O)(=O)C(C)C)c1NN=C(C#N)S(=O)(=O)c1ccccn1. The van der Waals surface area contributed by atoms with E-state index >= 15 is 0 Å². The Morgan fingerprint density at radius 1 is 1.32 bits per heavy atom. The van der Waals surface area contributed by atoms with E-state index in [0.717, 1.165) is 30.2 Å². The first kappa shape index (κ1) is 24.8. The lowest BCUT2D eigenvalue weighted by molar-refractivity contribution is 0.0607. The summed E-state index contributed by atoms with van der Waals surface area (Å²) < 4.78 is 56.2. The number of thioether (sulfide) groups is 1. The van der Waals surface area contributed by atoms with Gasteiger partial charge in [-0.15, -0.1) is 23.1 Å². The molecule has 0 aliphatic rings. The molecule has 1 N–H and O–H groups in total. The molecule has 0 spiro atoms. The van der Waals surface area contributed by atoms with Gasteiger partial charge in [-0.05, 0) is 32.2 Å². The molecule has 0 bridgehead atoms. The number of sulfone groups is 2. The molecule has 0 atom stereocenters. The Morgan fingerprint density at radius 2 is 2.00 bits per heavy atom. The number of ether oxygens (including phenoxy) is 1. The Hall–Kier alpha value is -2.47. The van der Waals surface area contributed by atoms with E-state index in [-0.39, 0.29) is 19.7 Å². The van der Waals surface area contributed by atoms with E-state index in [4.69, 9.17) is 4.74 Å². The van der Waals surface area contributed by atoms with E-state index < -0.39 is 41.0 Å². The quantitative estimate of drug-likeness (QED) is 0.196. The highest BCUT2D eigenvalue weighted by molar-refractivity contribution is 8.07. The van der Waals surface area contributed by atoms with Gasteiger partial charge in [0.05, 0.1) is 16.6 Å². The minimum Gasteiger partial charge on any atom is -0.465 e. The molecule has 2 heterocycles. The highest BCUT2D eigenvalue weighted by Crippen LogP contribution is 2.43. The molecule has 2 rings (SSSR count). The molecule has 0 aliphatic carbocycles. The molecule has 14 heteroatoms. The Balaban J connectivity index is 2.71. The topological polar surface area (TPSA) is 156 Å². The van der Waals surface area contributed by atoms with Gasteiger partial charge >= 0.3 is 5.97 Å². The number of hydrogen-bond acceptors (Lipinski definition) is 12. The molecule has 0 saturated carbocycles. The van der Waals surface area contributed by atoms with Crippen LogP contribution < -0.4 is 5.43 Å². The largest absolute Gasteiger partial charge is 0.465 e. The second kappa shape index (κ2) is 9.77. The third-order valence-corrected chi connectivity index (χ3v) is 10.1. The molecule has 166 valence electrons. The van der Waals surface area contributed by atoms with Crippen molar-refractivity contribution in [3.8, 4) is 6.07 Å². The third kappa shape index (κ3) is 4.90. The van der Waals surface area contributed by atoms with E-state index in [1.807, 2.05) is 0 Å². The molecular formula is C17H18N4O6S4. The Kier molecular flexibility index (Phi) is 7.82. The molecule has 2 aromatic heterocycles. The number of nitriles is 1. The second-order valence-corrected chi connectivity index (χ2v) is 12.4. The van der Waals surface area contributed by atoms with Crippen molar-refractivity contribution in [3.63, 3.8) is 0 Å². The molecule has 31 heavy (non-hydrogen) atoms. The lowest BCUT2D eigenvalue weighted by atomic mass is 10.4. The number of aromatic nitrogens is 1. The van der Waals surface area contributed by atoms with Gasteiger partial charge < -0.3 is 4.74 Å². The number of hydrazone groups is 1. The zero-order valence-electron chi connectivity index (χ0n) is 16.8. The lowest BCUT2D eigenvalue weighted by Crippen LogP contribution is -2.18. The van der Waals surface area contributed by atoms with Crippen LogP contribution in [0.1, 0.15) is 23.5 Å².